The lowest BCUT2D eigenvalue weighted by Gasteiger charge is -2.02. The fourth-order valence-corrected chi connectivity index (χ4v) is 1.31. The highest BCUT2D eigenvalue weighted by Gasteiger charge is 2.06. The van der Waals surface area contributed by atoms with E-state index in [1.807, 2.05) is 6.08 Å². The molecule has 0 aliphatic carbocycles. The van der Waals surface area contributed by atoms with Gasteiger partial charge in [0.15, 0.2) is 5.51 Å². The standard InChI is InChI=1S/C6H4NOS/c1-2-8-3-5-6(1)9-4-7-5/h1-2H,3H2. The van der Waals surface area contributed by atoms with Crippen molar-refractivity contribution in [3.63, 3.8) is 0 Å². The van der Waals surface area contributed by atoms with Crippen molar-refractivity contribution in [2.75, 3.05) is 0 Å². The van der Waals surface area contributed by atoms with Crippen molar-refractivity contribution in [3.8, 4) is 0 Å². The molecule has 0 N–H and O–H groups in total. The Morgan fingerprint density at radius 2 is 2.78 bits per heavy atom. The van der Waals surface area contributed by atoms with E-state index < -0.39 is 0 Å². The van der Waals surface area contributed by atoms with Crippen molar-refractivity contribution in [1.82, 2.24) is 4.98 Å². The van der Waals surface area contributed by atoms with Crippen LogP contribution in [0.4, 0.5) is 0 Å². The molecule has 1 radical (unpaired) electrons. The molecule has 1 aromatic rings. The Morgan fingerprint density at radius 1 is 1.78 bits per heavy atom. The van der Waals surface area contributed by atoms with Gasteiger partial charge < -0.3 is 4.74 Å². The zero-order valence-electron chi connectivity index (χ0n) is 4.63. The van der Waals surface area contributed by atoms with Crippen LogP contribution in [-0.2, 0) is 11.3 Å². The number of nitrogens with zero attached hydrogens (tertiary/aromatic N) is 1. The smallest absolute Gasteiger partial charge is 0.153 e. The Balaban J connectivity index is 2.53. The van der Waals surface area contributed by atoms with E-state index in [0.29, 0.717) is 6.61 Å². The molecule has 2 heterocycles. The highest BCUT2D eigenvalue weighted by molar-refractivity contribution is 7.10. The van der Waals surface area contributed by atoms with Crippen LogP contribution in [0.5, 0.6) is 0 Å². The highest BCUT2D eigenvalue weighted by Crippen LogP contribution is 2.18. The van der Waals surface area contributed by atoms with E-state index >= 15 is 0 Å². The van der Waals surface area contributed by atoms with Crippen LogP contribution in [0, 0.1) is 5.51 Å². The van der Waals surface area contributed by atoms with Gasteiger partial charge in [-0.05, 0) is 6.08 Å². The third kappa shape index (κ3) is 0.733. The van der Waals surface area contributed by atoms with Crippen molar-refractivity contribution in [2.24, 2.45) is 0 Å². The fourth-order valence-electron chi connectivity index (χ4n) is 0.712. The second kappa shape index (κ2) is 1.84. The average molecular weight is 138 g/mol. The Kier molecular flexibility index (Phi) is 1.02. The molecule has 1 aliphatic heterocycles. The molecule has 3 heteroatoms. The largest absolute Gasteiger partial charge is 0.495 e. The summed E-state index contributed by atoms with van der Waals surface area (Å²) in [6.07, 6.45) is 3.60. The summed E-state index contributed by atoms with van der Waals surface area (Å²) >= 11 is 1.52. The van der Waals surface area contributed by atoms with E-state index in [1.54, 1.807) is 6.26 Å². The van der Waals surface area contributed by atoms with Gasteiger partial charge in [0, 0.05) is 0 Å². The van der Waals surface area contributed by atoms with Gasteiger partial charge in [0.1, 0.15) is 6.61 Å². The Hall–Kier alpha value is -0.830. The third-order valence-corrected chi connectivity index (χ3v) is 1.93. The molecule has 0 saturated heterocycles. The molecule has 0 saturated carbocycles. The molecule has 2 nitrogen and oxygen atoms in total. The van der Waals surface area contributed by atoms with Crippen LogP contribution in [0.2, 0.25) is 0 Å². The molecule has 9 heavy (non-hydrogen) atoms. The molecule has 1 aromatic heterocycles. The topological polar surface area (TPSA) is 22.1 Å². The fraction of sp³-hybridized carbons (Fsp3) is 0.167. The Bertz CT molecular complexity index is 241. The second-order valence-corrected chi connectivity index (χ2v) is 2.56. The lowest BCUT2D eigenvalue weighted by Crippen LogP contribution is -1.92. The summed E-state index contributed by atoms with van der Waals surface area (Å²) in [4.78, 5) is 5.14. The second-order valence-electron chi connectivity index (χ2n) is 1.73. The summed E-state index contributed by atoms with van der Waals surface area (Å²) in [5.41, 5.74) is 3.80. The molecule has 2 rings (SSSR count). The van der Waals surface area contributed by atoms with Gasteiger partial charge >= 0.3 is 0 Å². The molecule has 0 aromatic carbocycles. The average Bonchev–Trinajstić information content (AvgIpc) is 2.33. The van der Waals surface area contributed by atoms with E-state index in [9.17, 15) is 0 Å². The molecule has 0 amide bonds. The maximum Gasteiger partial charge on any atom is 0.153 e. The number of aromatic nitrogens is 1. The van der Waals surface area contributed by atoms with Crippen LogP contribution < -0.4 is 0 Å². The van der Waals surface area contributed by atoms with Gasteiger partial charge in [-0.1, -0.05) is 0 Å². The normalized spacial score (nSPS) is 14.7. The predicted molar refractivity (Wildman–Crippen MR) is 34.8 cm³/mol. The van der Waals surface area contributed by atoms with Crippen LogP contribution in [0.1, 0.15) is 10.6 Å². The van der Waals surface area contributed by atoms with Gasteiger partial charge in [-0.3, -0.25) is 0 Å². The summed E-state index contributed by atoms with van der Waals surface area (Å²) in [5.74, 6) is 0. The van der Waals surface area contributed by atoms with Gasteiger partial charge in [0.2, 0.25) is 0 Å². The van der Waals surface area contributed by atoms with Crippen LogP contribution in [0.15, 0.2) is 6.26 Å². The molecule has 0 fully saturated rings. The lowest BCUT2D eigenvalue weighted by atomic mass is 10.3. The minimum atomic E-state index is 0.603. The number of fused-ring (bicyclic) bond motifs is 1. The van der Waals surface area contributed by atoms with E-state index in [2.05, 4.69) is 10.5 Å². The number of rotatable bonds is 0. The van der Waals surface area contributed by atoms with Crippen LogP contribution in [0.25, 0.3) is 6.08 Å². The zero-order valence-corrected chi connectivity index (χ0v) is 5.44. The van der Waals surface area contributed by atoms with Crippen LogP contribution in [-0.4, -0.2) is 4.98 Å². The molecule has 0 atom stereocenters. The third-order valence-electron chi connectivity index (χ3n) is 1.16. The first kappa shape index (κ1) is 4.99. The molecule has 45 valence electrons. The maximum absolute atomic E-state index is 5.00. The SMILES string of the molecule is [c]1nc2c(s1)C=COC2. The van der Waals surface area contributed by atoms with Gasteiger partial charge in [0.25, 0.3) is 0 Å². The number of hydrogen-bond acceptors (Lipinski definition) is 3. The summed E-state index contributed by atoms with van der Waals surface area (Å²) in [6.45, 7) is 0.603. The highest BCUT2D eigenvalue weighted by atomic mass is 32.1. The summed E-state index contributed by atoms with van der Waals surface area (Å²) in [7, 11) is 0. The van der Waals surface area contributed by atoms with Crippen molar-refractivity contribution in [1.29, 1.82) is 0 Å². The van der Waals surface area contributed by atoms with Gasteiger partial charge in [-0.15, -0.1) is 11.3 Å². The predicted octanol–water partition coefficient (Wildman–Crippen LogP) is 1.44. The minimum absolute atomic E-state index is 0.603. The van der Waals surface area contributed by atoms with E-state index in [4.69, 9.17) is 4.74 Å². The quantitative estimate of drug-likeness (QED) is 0.541. The molecule has 1 aliphatic rings. The van der Waals surface area contributed by atoms with Crippen molar-refractivity contribution >= 4 is 17.4 Å². The first-order valence-electron chi connectivity index (χ1n) is 2.61. The molecule has 0 spiro atoms. The first-order valence-corrected chi connectivity index (χ1v) is 3.42. The van der Waals surface area contributed by atoms with Gasteiger partial charge in [0.05, 0.1) is 16.8 Å². The van der Waals surface area contributed by atoms with Gasteiger partial charge in [-0.2, -0.15) is 0 Å². The van der Waals surface area contributed by atoms with Crippen LogP contribution >= 0.6 is 11.3 Å². The zero-order chi connectivity index (χ0) is 6.10. The van der Waals surface area contributed by atoms with Crippen molar-refractivity contribution < 1.29 is 4.74 Å². The molecular weight excluding hydrogens is 134 g/mol. The number of hydrogen-bond donors (Lipinski definition) is 0. The first-order chi connectivity index (χ1) is 4.47. The summed E-state index contributed by atoms with van der Waals surface area (Å²) in [5, 5.41) is 0. The van der Waals surface area contributed by atoms with Crippen molar-refractivity contribution in [2.45, 2.75) is 6.61 Å². The number of thiazole rings is 1. The van der Waals surface area contributed by atoms with E-state index in [1.165, 1.54) is 16.2 Å². The summed E-state index contributed by atoms with van der Waals surface area (Å²) < 4.78 is 5.00. The van der Waals surface area contributed by atoms with Crippen LogP contribution in [0.3, 0.4) is 0 Å². The van der Waals surface area contributed by atoms with Crippen molar-refractivity contribution in [3.05, 3.63) is 22.3 Å². The monoisotopic (exact) mass is 138 g/mol. The molecular formula is C6H4NOS. The van der Waals surface area contributed by atoms with E-state index in [0.717, 1.165) is 5.69 Å². The lowest BCUT2D eigenvalue weighted by molar-refractivity contribution is 0.231. The maximum atomic E-state index is 5.00. The van der Waals surface area contributed by atoms with E-state index in [-0.39, 0.29) is 0 Å². The minimum Gasteiger partial charge on any atom is -0.495 e. The molecule has 0 bridgehead atoms. The Labute approximate surface area is 56.8 Å². The molecule has 0 unspecified atom stereocenters. The van der Waals surface area contributed by atoms with Gasteiger partial charge in [-0.25, -0.2) is 4.98 Å². The number of ether oxygens (including phenoxy) is 1. The Morgan fingerprint density at radius 3 is 3.67 bits per heavy atom. The summed E-state index contributed by atoms with van der Waals surface area (Å²) in [6, 6.07) is 0.